The molecule has 1 aromatic carbocycles. The summed E-state index contributed by atoms with van der Waals surface area (Å²) in [6, 6.07) is 6.37. The molecule has 0 spiro atoms. The van der Waals surface area contributed by atoms with Crippen molar-refractivity contribution >= 4 is 27.4 Å². The monoisotopic (exact) mass is 336 g/mol. The molecule has 0 fully saturated rings. The molecule has 0 saturated carbocycles. The number of nitrogen functional groups attached to an aromatic ring is 1. The summed E-state index contributed by atoms with van der Waals surface area (Å²) >= 11 is 3.35. The number of rotatable bonds is 4. The first-order valence-electron chi connectivity index (χ1n) is 6.10. The predicted molar refractivity (Wildman–Crippen MR) is 80.2 cm³/mol. The predicted octanol–water partition coefficient (Wildman–Crippen LogP) is 3.35. The van der Waals surface area contributed by atoms with Gasteiger partial charge in [0.15, 0.2) is 5.82 Å². The van der Waals surface area contributed by atoms with Gasteiger partial charge in [-0.05, 0) is 28.4 Å². The molecule has 2 N–H and O–H groups in total. The zero-order valence-electron chi connectivity index (χ0n) is 10.8. The molecule has 104 valence electrons. The second kappa shape index (κ2) is 5.96. The van der Waals surface area contributed by atoms with Gasteiger partial charge in [0.05, 0.1) is 20.7 Å². The number of para-hydroxylation sites is 1. The molecule has 0 unspecified atom stereocenters. The number of nitro groups is 1. The number of halogens is 1. The molecule has 20 heavy (non-hydrogen) atoms. The van der Waals surface area contributed by atoms with E-state index in [9.17, 15) is 10.1 Å². The van der Waals surface area contributed by atoms with Gasteiger partial charge < -0.3 is 5.73 Å². The van der Waals surface area contributed by atoms with Crippen molar-refractivity contribution in [3.63, 3.8) is 0 Å². The minimum absolute atomic E-state index is 0.0309. The number of aryl methyl sites for hydroxylation is 1. The summed E-state index contributed by atoms with van der Waals surface area (Å²) in [5.74, 6) is 0.568. The van der Waals surface area contributed by atoms with Gasteiger partial charge in [0, 0.05) is 6.07 Å². The number of nitrogens with two attached hydrogens (primary N) is 1. The van der Waals surface area contributed by atoms with Crippen molar-refractivity contribution < 1.29 is 4.92 Å². The summed E-state index contributed by atoms with van der Waals surface area (Å²) in [6.45, 7) is 2.02. The Kier molecular flexibility index (Phi) is 4.29. The van der Waals surface area contributed by atoms with E-state index in [1.807, 2.05) is 6.92 Å². The number of hydrogen-bond acceptors (Lipinski definition) is 5. The molecule has 0 bridgehead atoms. The van der Waals surface area contributed by atoms with Crippen molar-refractivity contribution in [2.24, 2.45) is 0 Å². The Balaban J connectivity index is 2.61. The van der Waals surface area contributed by atoms with E-state index in [1.54, 1.807) is 18.2 Å². The third kappa shape index (κ3) is 2.77. The molecular weight excluding hydrogens is 324 g/mol. The Labute approximate surface area is 124 Å². The van der Waals surface area contributed by atoms with Gasteiger partial charge in [-0.25, -0.2) is 9.97 Å². The van der Waals surface area contributed by atoms with E-state index in [4.69, 9.17) is 5.73 Å². The fourth-order valence-electron chi connectivity index (χ4n) is 1.86. The number of nitro benzene ring substituents is 1. The molecule has 0 aliphatic heterocycles. The Morgan fingerprint density at radius 1 is 1.35 bits per heavy atom. The van der Waals surface area contributed by atoms with Crippen LogP contribution in [0.15, 0.2) is 28.7 Å². The van der Waals surface area contributed by atoms with Crippen molar-refractivity contribution in [1.82, 2.24) is 9.97 Å². The molecular formula is C13H13BrN4O2. The molecule has 2 aromatic rings. The highest BCUT2D eigenvalue weighted by atomic mass is 79.9. The molecule has 0 saturated heterocycles. The molecule has 1 heterocycles. The van der Waals surface area contributed by atoms with Crippen LogP contribution in [0.2, 0.25) is 0 Å². The first-order chi connectivity index (χ1) is 9.54. The van der Waals surface area contributed by atoms with Gasteiger partial charge in [0.25, 0.3) is 5.69 Å². The average molecular weight is 337 g/mol. The number of benzene rings is 1. The van der Waals surface area contributed by atoms with Crippen LogP contribution in [-0.2, 0) is 6.42 Å². The second-order valence-corrected chi connectivity index (χ2v) is 5.01. The lowest BCUT2D eigenvalue weighted by Crippen LogP contribution is -2.04. The highest BCUT2D eigenvalue weighted by Crippen LogP contribution is 2.30. The Hall–Kier alpha value is -2.02. The maximum Gasteiger partial charge on any atom is 0.280 e. The molecule has 2 rings (SSSR count). The Morgan fingerprint density at radius 3 is 2.70 bits per heavy atom. The van der Waals surface area contributed by atoms with Crippen LogP contribution in [0.1, 0.15) is 19.0 Å². The van der Waals surface area contributed by atoms with Crippen LogP contribution in [0.25, 0.3) is 11.4 Å². The zero-order valence-corrected chi connectivity index (χ0v) is 12.4. The average Bonchev–Trinajstić information content (AvgIpc) is 2.43. The maximum absolute atomic E-state index is 11.1. The van der Waals surface area contributed by atoms with Crippen LogP contribution >= 0.6 is 15.9 Å². The van der Waals surface area contributed by atoms with E-state index >= 15 is 0 Å². The summed E-state index contributed by atoms with van der Waals surface area (Å²) in [7, 11) is 0. The third-order valence-electron chi connectivity index (χ3n) is 2.77. The number of anilines is 1. The van der Waals surface area contributed by atoms with E-state index in [2.05, 4.69) is 25.9 Å². The fourth-order valence-corrected chi connectivity index (χ4v) is 2.23. The largest absolute Gasteiger partial charge is 0.383 e. The minimum atomic E-state index is -0.448. The molecule has 1 aromatic heterocycles. The van der Waals surface area contributed by atoms with E-state index in [0.29, 0.717) is 10.0 Å². The SMILES string of the molecule is CCCc1nc(-c2ccccc2[N+](=O)[O-])nc(N)c1Br. The number of nitrogens with zero attached hydrogens (tertiary/aromatic N) is 3. The van der Waals surface area contributed by atoms with Gasteiger partial charge >= 0.3 is 0 Å². The zero-order chi connectivity index (χ0) is 14.7. The quantitative estimate of drug-likeness (QED) is 0.682. The summed E-state index contributed by atoms with van der Waals surface area (Å²) in [6.07, 6.45) is 1.62. The smallest absolute Gasteiger partial charge is 0.280 e. The third-order valence-corrected chi connectivity index (χ3v) is 3.64. The van der Waals surface area contributed by atoms with Crippen LogP contribution in [0.5, 0.6) is 0 Å². The Bertz CT molecular complexity index is 661. The van der Waals surface area contributed by atoms with E-state index in [1.165, 1.54) is 6.07 Å². The van der Waals surface area contributed by atoms with Crippen molar-refractivity contribution in [2.45, 2.75) is 19.8 Å². The standard InChI is InChI=1S/C13H13BrN4O2/c1-2-5-9-11(14)12(15)17-13(16-9)8-6-3-4-7-10(8)18(19)20/h3-4,6-7H,2,5H2,1H3,(H2,15,16,17). The number of hydrogen-bond donors (Lipinski definition) is 1. The lowest BCUT2D eigenvalue weighted by atomic mass is 10.1. The van der Waals surface area contributed by atoms with Gasteiger partial charge in [-0.15, -0.1) is 0 Å². The van der Waals surface area contributed by atoms with E-state index in [-0.39, 0.29) is 17.3 Å². The van der Waals surface area contributed by atoms with Crippen LogP contribution in [0.4, 0.5) is 11.5 Å². The molecule has 0 atom stereocenters. The summed E-state index contributed by atoms with van der Waals surface area (Å²) < 4.78 is 0.654. The van der Waals surface area contributed by atoms with Crippen molar-refractivity contribution in [1.29, 1.82) is 0 Å². The minimum Gasteiger partial charge on any atom is -0.383 e. The Morgan fingerprint density at radius 2 is 2.05 bits per heavy atom. The molecule has 0 radical (unpaired) electrons. The van der Waals surface area contributed by atoms with Gasteiger partial charge in [0.1, 0.15) is 5.82 Å². The lowest BCUT2D eigenvalue weighted by molar-refractivity contribution is -0.384. The van der Waals surface area contributed by atoms with Gasteiger partial charge in [-0.2, -0.15) is 0 Å². The van der Waals surface area contributed by atoms with Crippen LogP contribution in [-0.4, -0.2) is 14.9 Å². The second-order valence-electron chi connectivity index (χ2n) is 4.22. The van der Waals surface area contributed by atoms with Crippen molar-refractivity contribution in [2.75, 3.05) is 5.73 Å². The summed E-state index contributed by atoms with van der Waals surface area (Å²) in [4.78, 5) is 19.2. The normalized spacial score (nSPS) is 10.5. The highest BCUT2D eigenvalue weighted by Gasteiger charge is 2.19. The van der Waals surface area contributed by atoms with Gasteiger partial charge in [-0.3, -0.25) is 10.1 Å². The lowest BCUT2D eigenvalue weighted by Gasteiger charge is -2.08. The molecule has 6 nitrogen and oxygen atoms in total. The van der Waals surface area contributed by atoms with Crippen LogP contribution in [0, 0.1) is 10.1 Å². The summed E-state index contributed by atoms with van der Waals surface area (Å²) in [5.41, 5.74) is 6.94. The first-order valence-corrected chi connectivity index (χ1v) is 6.89. The molecule has 0 aliphatic carbocycles. The van der Waals surface area contributed by atoms with Crippen molar-refractivity contribution in [3.05, 3.63) is 44.5 Å². The van der Waals surface area contributed by atoms with Crippen LogP contribution < -0.4 is 5.73 Å². The molecule has 0 aliphatic rings. The van der Waals surface area contributed by atoms with Gasteiger partial charge in [0.2, 0.25) is 0 Å². The maximum atomic E-state index is 11.1. The van der Waals surface area contributed by atoms with E-state index < -0.39 is 4.92 Å². The first kappa shape index (κ1) is 14.4. The highest BCUT2D eigenvalue weighted by molar-refractivity contribution is 9.10. The van der Waals surface area contributed by atoms with Gasteiger partial charge in [-0.1, -0.05) is 25.5 Å². The van der Waals surface area contributed by atoms with Crippen molar-refractivity contribution in [3.8, 4) is 11.4 Å². The summed E-state index contributed by atoms with van der Waals surface area (Å²) in [5, 5.41) is 11.1. The number of aromatic nitrogens is 2. The van der Waals surface area contributed by atoms with Crippen LogP contribution in [0.3, 0.4) is 0 Å². The topological polar surface area (TPSA) is 94.9 Å². The molecule has 7 heteroatoms. The van der Waals surface area contributed by atoms with E-state index in [0.717, 1.165) is 18.5 Å². The fraction of sp³-hybridized carbons (Fsp3) is 0.231. The molecule has 0 amide bonds.